The first-order valence-electron chi connectivity index (χ1n) is 7.59. The van der Waals surface area contributed by atoms with E-state index in [0.717, 1.165) is 19.5 Å². The van der Waals surface area contributed by atoms with Crippen molar-refractivity contribution in [2.75, 3.05) is 26.2 Å². The summed E-state index contributed by atoms with van der Waals surface area (Å²) in [6.45, 7) is 1.83. The minimum atomic E-state index is -0.626. The quantitative estimate of drug-likeness (QED) is 0.543. The van der Waals surface area contributed by atoms with E-state index in [9.17, 15) is 19.7 Å². The fourth-order valence-corrected chi connectivity index (χ4v) is 2.52. The van der Waals surface area contributed by atoms with Crippen LogP contribution in [-0.2, 0) is 16.1 Å². The first kappa shape index (κ1) is 20.7. The smallest absolute Gasteiger partial charge is 0.410 e. The van der Waals surface area contributed by atoms with Crippen molar-refractivity contribution in [1.82, 2.24) is 10.2 Å². The minimum absolute atomic E-state index is 0. The summed E-state index contributed by atoms with van der Waals surface area (Å²) in [5.74, 6) is -0.343. The lowest BCUT2D eigenvalue weighted by molar-refractivity contribution is -0.384. The summed E-state index contributed by atoms with van der Waals surface area (Å²) >= 11 is 0. The van der Waals surface area contributed by atoms with E-state index >= 15 is 0 Å². The number of nitrogens with one attached hydrogen (secondary N) is 1. The Labute approximate surface area is 151 Å². The Kier molecular flexibility index (Phi) is 8.09. The maximum atomic E-state index is 12.2. The number of non-ortho nitro benzene ring substituents is 1. The van der Waals surface area contributed by atoms with Crippen LogP contribution in [0.3, 0.4) is 0 Å². The molecule has 10 heteroatoms. The number of halogens is 1. The molecule has 0 spiro atoms. The van der Waals surface area contributed by atoms with Gasteiger partial charge in [-0.15, -0.1) is 12.4 Å². The topological polar surface area (TPSA) is 128 Å². The number of primary amides is 1. The lowest BCUT2D eigenvalue weighted by Gasteiger charge is -2.23. The zero-order valence-corrected chi connectivity index (χ0v) is 14.4. The third-order valence-corrected chi connectivity index (χ3v) is 3.76. The van der Waals surface area contributed by atoms with Crippen LogP contribution in [0.2, 0.25) is 0 Å². The Bertz CT molecular complexity index is 604. The predicted molar refractivity (Wildman–Crippen MR) is 92.3 cm³/mol. The average Bonchev–Trinajstić information content (AvgIpc) is 3.05. The molecule has 1 atom stereocenters. The molecule has 0 bridgehead atoms. The Morgan fingerprint density at radius 2 is 2.04 bits per heavy atom. The average molecular weight is 373 g/mol. The number of nitro benzene ring substituents is 1. The molecule has 1 fully saturated rings. The third-order valence-electron chi connectivity index (χ3n) is 3.76. The monoisotopic (exact) mass is 372 g/mol. The van der Waals surface area contributed by atoms with Crippen molar-refractivity contribution in [2.24, 2.45) is 11.7 Å². The Hall–Kier alpha value is -2.39. The van der Waals surface area contributed by atoms with Gasteiger partial charge < -0.3 is 15.8 Å². The maximum absolute atomic E-state index is 12.2. The maximum Gasteiger partial charge on any atom is 0.410 e. The third kappa shape index (κ3) is 6.55. The molecular formula is C15H21ClN4O5. The van der Waals surface area contributed by atoms with Gasteiger partial charge in [-0.3, -0.25) is 19.8 Å². The second-order valence-corrected chi connectivity index (χ2v) is 5.68. The molecule has 25 heavy (non-hydrogen) atoms. The van der Waals surface area contributed by atoms with Crippen LogP contribution in [0.25, 0.3) is 0 Å². The Morgan fingerprint density at radius 1 is 1.36 bits per heavy atom. The highest BCUT2D eigenvalue weighted by atomic mass is 35.5. The zero-order valence-electron chi connectivity index (χ0n) is 13.6. The second-order valence-electron chi connectivity index (χ2n) is 5.68. The zero-order chi connectivity index (χ0) is 17.5. The Balaban J connectivity index is 0.00000312. The summed E-state index contributed by atoms with van der Waals surface area (Å²) in [4.78, 5) is 34.7. The number of ether oxygens (including phenoxy) is 1. The molecule has 2 rings (SSSR count). The number of carbonyl (C=O) groups excluding carboxylic acids is 2. The molecule has 1 aromatic rings. The number of amides is 2. The molecule has 1 aliphatic rings. The first-order chi connectivity index (χ1) is 11.5. The number of hydrogen-bond donors (Lipinski definition) is 2. The fourth-order valence-electron chi connectivity index (χ4n) is 2.52. The molecular weight excluding hydrogens is 352 g/mol. The summed E-state index contributed by atoms with van der Waals surface area (Å²) in [6.07, 6.45) is 0.296. The molecule has 9 nitrogen and oxygen atoms in total. The minimum Gasteiger partial charge on any atom is -0.445 e. The van der Waals surface area contributed by atoms with Crippen LogP contribution in [0.5, 0.6) is 0 Å². The van der Waals surface area contributed by atoms with Crippen molar-refractivity contribution in [1.29, 1.82) is 0 Å². The van der Waals surface area contributed by atoms with Gasteiger partial charge in [-0.2, -0.15) is 0 Å². The van der Waals surface area contributed by atoms with E-state index < -0.39 is 16.9 Å². The van der Waals surface area contributed by atoms with E-state index in [2.05, 4.69) is 5.32 Å². The van der Waals surface area contributed by atoms with Crippen molar-refractivity contribution in [3.05, 3.63) is 39.9 Å². The number of nitro groups is 1. The number of nitrogens with two attached hydrogens (primary N) is 1. The largest absolute Gasteiger partial charge is 0.445 e. The van der Waals surface area contributed by atoms with Crippen LogP contribution in [0.4, 0.5) is 10.5 Å². The SMILES string of the molecule is Cl.NC(=O)CN(C[C@H]1CCNC1)C(=O)OCc1ccc([N+](=O)[O-])cc1. The summed E-state index contributed by atoms with van der Waals surface area (Å²) < 4.78 is 5.19. The lowest BCUT2D eigenvalue weighted by Crippen LogP contribution is -2.41. The van der Waals surface area contributed by atoms with Gasteiger partial charge in [-0.25, -0.2) is 4.79 Å². The standard InChI is InChI=1S/C15H20N4O5.ClH/c16-14(20)9-18(8-12-5-6-17-7-12)15(21)24-10-11-1-3-13(4-2-11)19(22)23;/h1-4,12,17H,5-10H2,(H2,16,20);1H/t12-;/m0./s1. The summed E-state index contributed by atoms with van der Waals surface area (Å²) in [7, 11) is 0. The fraction of sp³-hybridized carbons (Fsp3) is 0.467. The van der Waals surface area contributed by atoms with E-state index in [4.69, 9.17) is 10.5 Å². The van der Waals surface area contributed by atoms with Gasteiger partial charge in [0.15, 0.2) is 0 Å². The number of nitrogens with zero attached hydrogens (tertiary/aromatic N) is 2. The van der Waals surface area contributed by atoms with Crippen molar-refractivity contribution in [2.45, 2.75) is 13.0 Å². The number of hydrogen-bond acceptors (Lipinski definition) is 6. The van der Waals surface area contributed by atoms with Crippen molar-refractivity contribution < 1.29 is 19.2 Å². The molecule has 0 unspecified atom stereocenters. The number of rotatable bonds is 7. The van der Waals surface area contributed by atoms with Crippen LogP contribution in [0, 0.1) is 16.0 Å². The van der Waals surface area contributed by atoms with Crippen molar-refractivity contribution in [3.8, 4) is 0 Å². The molecule has 2 amide bonds. The van der Waals surface area contributed by atoms with Gasteiger partial charge >= 0.3 is 6.09 Å². The highest BCUT2D eigenvalue weighted by molar-refractivity contribution is 5.85. The van der Waals surface area contributed by atoms with Crippen LogP contribution in [-0.4, -0.2) is 48.0 Å². The molecule has 3 N–H and O–H groups in total. The van der Waals surface area contributed by atoms with Crippen molar-refractivity contribution >= 4 is 30.1 Å². The van der Waals surface area contributed by atoms with Crippen molar-refractivity contribution in [3.63, 3.8) is 0 Å². The summed E-state index contributed by atoms with van der Waals surface area (Å²) in [6, 6.07) is 5.72. The number of carbonyl (C=O) groups is 2. The molecule has 1 saturated heterocycles. The van der Waals surface area contributed by atoms with Gasteiger partial charge in [0.25, 0.3) is 5.69 Å². The van der Waals surface area contributed by atoms with E-state index in [1.165, 1.54) is 29.2 Å². The first-order valence-corrected chi connectivity index (χ1v) is 7.59. The molecule has 1 aliphatic heterocycles. The molecule has 0 aliphatic carbocycles. The molecule has 0 aromatic heterocycles. The highest BCUT2D eigenvalue weighted by Gasteiger charge is 2.24. The van der Waals surface area contributed by atoms with Gasteiger partial charge in [-0.1, -0.05) is 0 Å². The molecule has 0 saturated carbocycles. The molecule has 0 radical (unpaired) electrons. The predicted octanol–water partition coefficient (Wildman–Crippen LogP) is 1.05. The van der Waals surface area contributed by atoms with E-state index in [0.29, 0.717) is 12.1 Å². The molecule has 1 aromatic carbocycles. The van der Waals surface area contributed by atoms with Gasteiger partial charge in [0.05, 0.1) is 4.92 Å². The van der Waals surface area contributed by atoms with Crippen LogP contribution >= 0.6 is 12.4 Å². The number of benzene rings is 1. The lowest BCUT2D eigenvalue weighted by atomic mass is 10.1. The molecule has 138 valence electrons. The highest BCUT2D eigenvalue weighted by Crippen LogP contribution is 2.14. The van der Waals surface area contributed by atoms with Crippen LogP contribution < -0.4 is 11.1 Å². The normalized spacial score (nSPS) is 15.9. The van der Waals surface area contributed by atoms with Crippen LogP contribution in [0.15, 0.2) is 24.3 Å². The van der Waals surface area contributed by atoms with E-state index in [1.54, 1.807) is 0 Å². The van der Waals surface area contributed by atoms with Crippen LogP contribution in [0.1, 0.15) is 12.0 Å². The van der Waals surface area contributed by atoms with Gasteiger partial charge in [0.2, 0.25) is 5.91 Å². The van der Waals surface area contributed by atoms with E-state index in [1.807, 2.05) is 0 Å². The second kappa shape index (κ2) is 9.80. The summed E-state index contributed by atoms with van der Waals surface area (Å²) in [5.41, 5.74) is 5.78. The van der Waals surface area contributed by atoms with Gasteiger partial charge in [-0.05, 0) is 43.1 Å². The van der Waals surface area contributed by atoms with E-state index in [-0.39, 0.29) is 37.2 Å². The van der Waals surface area contributed by atoms with Gasteiger partial charge in [0.1, 0.15) is 13.2 Å². The summed E-state index contributed by atoms with van der Waals surface area (Å²) in [5, 5.41) is 13.8. The Morgan fingerprint density at radius 3 is 2.56 bits per heavy atom. The van der Waals surface area contributed by atoms with Gasteiger partial charge in [0, 0.05) is 18.7 Å². The molecule has 1 heterocycles.